The van der Waals surface area contributed by atoms with Crippen LogP contribution in [0.1, 0.15) is 0 Å². The fraction of sp³-hybridized carbons (Fsp3) is 1.00. The van der Waals surface area contributed by atoms with E-state index in [9.17, 15) is 8.78 Å². The molecule has 0 N–H and O–H groups in total. The zero-order chi connectivity index (χ0) is 5.86. The normalized spacial score (nSPS) is 18.9. The van der Waals surface area contributed by atoms with Crippen LogP contribution in [0.5, 0.6) is 0 Å². The maximum Gasteiger partial charge on any atom is 0.165 e. The summed E-state index contributed by atoms with van der Waals surface area (Å²) in [7, 11) is 0. The van der Waals surface area contributed by atoms with Crippen molar-refractivity contribution in [1.29, 1.82) is 0 Å². The van der Waals surface area contributed by atoms with E-state index in [-0.39, 0.29) is 0 Å². The van der Waals surface area contributed by atoms with Crippen LogP contribution >= 0.6 is 45.2 Å². The first-order valence-corrected chi connectivity index (χ1v) is 4.15. The molecule has 2 unspecified atom stereocenters. The smallest absolute Gasteiger partial charge is 0.165 e. The summed E-state index contributed by atoms with van der Waals surface area (Å²) in [5, 5.41) is 0. The Bertz CT molecular complexity index is 48.2. The summed E-state index contributed by atoms with van der Waals surface area (Å²) in [4.78, 5) is 0. The van der Waals surface area contributed by atoms with Crippen LogP contribution < -0.4 is 0 Å². The van der Waals surface area contributed by atoms with Crippen molar-refractivity contribution in [3.05, 3.63) is 0 Å². The first kappa shape index (κ1) is 8.32. The molecular formula is C3H4F2I2. The Morgan fingerprint density at radius 3 is 1.86 bits per heavy atom. The summed E-state index contributed by atoms with van der Waals surface area (Å²) in [6.07, 6.45) is 0. The van der Waals surface area contributed by atoms with E-state index in [4.69, 9.17) is 0 Å². The third kappa shape index (κ3) is 3.87. The zero-order valence-electron chi connectivity index (χ0n) is 3.37. The van der Waals surface area contributed by atoms with Crippen LogP contribution in [0.25, 0.3) is 0 Å². The highest BCUT2D eigenvalue weighted by atomic mass is 127. The lowest BCUT2D eigenvalue weighted by atomic mass is 10.5. The molecule has 7 heavy (non-hydrogen) atoms. The third-order valence-electron chi connectivity index (χ3n) is 0.421. The maximum absolute atomic E-state index is 11.8. The second-order valence-electron chi connectivity index (χ2n) is 1.00. The van der Waals surface area contributed by atoms with E-state index in [0.717, 1.165) is 0 Å². The third-order valence-corrected chi connectivity index (χ3v) is 3.63. The van der Waals surface area contributed by atoms with Crippen molar-refractivity contribution in [2.75, 3.05) is 6.67 Å². The molecule has 0 spiro atoms. The van der Waals surface area contributed by atoms with Crippen molar-refractivity contribution in [2.45, 2.75) is 8.10 Å². The van der Waals surface area contributed by atoms with Crippen LogP contribution in [-0.2, 0) is 0 Å². The molecule has 0 nitrogen and oxygen atoms in total. The Labute approximate surface area is 68.3 Å². The number of hydrogen-bond donors (Lipinski definition) is 0. The van der Waals surface area contributed by atoms with Gasteiger partial charge < -0.3 is 0 Å². The summed E-state index contributed by atoms with van der Waals surface area (Å²) in [6.45, 7) is -0.579. The molecule has 0 amide bonds. The molecule has 2 atom stereocenters. The molecule has 0 aromatic rings. The predicted molar refractivity (Wildman–Crippen MR) is 42.7 cm³/mol. The van der Waals surface area contributed by atoms with Gasteiger partial charge in [-0.25, -0.2) is 8.78 Å². The molecule has 0 aliphatic rings. The number of alkyl halides is 4. The van der Waals surface area contributed by atoms with Crippen LogP contribution in [-0.4, -0.2) is 14.8 Å². The van der Waals surface area contributed by atoms with Gasteiger partial charge in [-0.15, -0.1) is 0 Å². The number of rotatable bonds is 2. The Hall–Kier alpha value is 1.32. The highest BCUT2D eigenvalue weighted by molar-refractivity contribution is 14.1. The lowest BCUT2D eigenvalue weighted by molar-refractivity contribution is 0.402. The fourth-order valence-corrected chi connectivity index (χ4v) is 0.260. The van der Waals surface area contributed by atoms with Crippen molar-refractivity contribution in [3.63, 3.8) is 0 Å². The molecule has 0 bridgehead atoms. The topological polar surface area (TPSA) is 0 Å². The minimum atomic E-state index is -1.05. The molecule has 0 aromatic carbocycles. The molecule has 4 heteroatoms. The quantitative estimate of drug-likeness (QED) is 0.539. The first-order chi connectivity index (χ1) is 3.18. The summed E-state index contributed by atoms with van der Waals surface area (Å²) in [6, 6.07) is 0. The first-order valence-electron chi connectivity index (χ1n) is 1.66. The zero-order valence-corrected chi connectivity index (χ0v) is 7.69. The SMILES string of the molecule is FCC(I)C(F)I. The second-order valence-corrected chi connectivity index (χ2v) is 3.79. The average Bonchev–Trinajstić information content (AvgIpc) is 1.65. The Morgan fingerprint density at radius 1 is 1.43 bits per heavy atom. The fourth-order valence-electron chi connectivity index (χ4n) is 0.0673. The van der Waals surface area contributed by atoms with Gasteiger partial charge in [-0.05, 0) is 22.6 Å². The Balaban J connectivity index is 3.14. The standard InChI is InChI=1S/C3H4F2I2/c4-1-2(6)3(5)7/h2-3H,1H2. The van der Waals surface area contributed by atoms with Gasteiger partial charge in [0.1, 0.15) is 6.67 Å². The molecule has 0 fully saturated rings. The van der Waals surface area contributed by atoms with Crippen molar-refractivity contribution in [3.8, 4) is 0 Å². The molecule has 0 saturated carbocycles. The van der Waals surface area contributed by atoms with Gasteiger partial charge in [-0.2, -0.15) is 0 Å². The number of halogens is 4. The molecule has 0 radical (unpaired) electrons. The van der Waals surface area contributed by atoms with E-state index in [2.05, 4.69) is 0 Å². The molecule has 0 heterocycles. The van der Waals surface area contributed by atoms with Gasteiger partial charge in [-0.3, -0.25) is 0 Å². The lowest BCUT2D eigenvalue weighted by Gasteiger charge is -2.00. The summed E-state index contributed by atoms with van der Waals surface area (Å²) < 4.78 is 21.7. The van der Waals surface area contributed by atoms with E-state index in [1.807, 2.05) is 0 Å². The van der Waals surface area contributed by atoms with E-state index >= 15 is 0 Å². The largest absolute Gasteiger partial charge is 0.250 e. The van der Waals surface area contributed by atoms with Crippen LogP contribution in [0.4, 0.5) is 8.78 Å². The summed E-state index contributed by atoms with van der Waals surface area (Å²) >= 11 is 3.29. The van der Waals surface area contributed by atoms with E-state index in [0.29, 0.717) is 0 Å². The highest BCUT2D eigenvalue weighted by Crippen LogP contribution is 2.16. The molecule has 0 saturated heterocycles. The van der Waals surface area contributed by atoms with Crippen LogP contribution in [0, 0.1) is 0 Å². The van der Waals surface area contributed by atoms with Crippen LogP contribution in [0.3, 0.4) is 0 Å². The van der Waals surface area contributed by atoms with Crippen molar-refractivity contribution in [1.82, 2.24) is 0 Å². The monoisotopic (exact) mass is 332 g/mol. The van der Waals surface area contributed by atoms with Gasteiger partial charge >= 0.3 is 0 Å². The van der Waals surface area contributed by atoms with Crippen molar-refractivity contribution >= 4 is 45.2 Å². The minimum Gasteiger partial charge on any atom is -0.250 e. The van der Waals surface area contributed by atoms with Crippen molar-refractivity contribution in [2.24, 2.45) is 0 Å². The van der Waals surface area contributed by atoms with Gasteiger partial charge in [0.05, 0.1) is 3.92 Å². The van der Waals surface area contributed by atoms with E-state index < -0.39 is 14.8 Å². The maximum atomic E-state index is 11.8. The average molecular weight is 332 g/mol. The van der Waals surface area contributed by atoms with Gasteiger partial charge in [0.15, 0.2) is 4.18 Å². The molecule has 0 aromatic heterocycles. The van der Waals surface area contributed by atoms with Gasteiger partial charge in [0, 0.05) is 0 Å². The van der Waals surface area contributed by atoms with E-state index in [1.165, 1.54) is 0 Å². The van der Waals surface area contributed by atoms with Crippen molar-refractivity contribution < 1.29 is 8.78 Å². The Kier molecular flexibility index (Phi) is 5.02. The number of hydrogen-bond acceptors (Lipinski definition) is 0. The summed E-state index contributed by atoms with van der Waals surface area (Å²) in [5.41, 5.74) is 0. The van der Waals surface area contributed by atoms with Crippen LogP contribution in [0.2, 0.25) is 0 Å². The molecule has 0 rings (SSSR count). The molecular weight excluding hydrogens is 328 g/mol. The van der Waals surface area contributed by atoms with E-state index in [1.54, 1.807) is 45.2 Å². The lowest BCUT2D eigenvalue weighted by Crippen LogP contribution is -2.09. The minimum absolute atomic E-state index is 0.474. The molecule has 0 aliphatic carbocycles. The summed E-state index contributed by atoms with van der Waals surface area (Å²) in [5.74, 6) is 0. The van der Waals surface area contributed by atoms with Crippen LogP contribution in [0.15, 0.2) is 0 Å². The second kappa shape index (κ2) is 4.22. The predicted octanol–water partition coefficient (Wildman–Crippen LogP) is 2.49. The molecule has 0 aliphatic heterocycles. The van der Waals surface area contributed by atoms with Gasteiger partial charge in [-0.1, -0.05) is 22.6 Å². The molecule has 44 valence electrons. The Morgan fingerprint density at radius 2 is 1.86 bits per heavy atom. The highest BCUT2D eigenvalue weighted by Gasteiger charge is 2.12. The van der Waals surface area contributed by atoms with Gasteiger partial charge in [0.25, 0.3) is 0 Å². The van der Waals surface area contributed by atoms with Gasteiger partial charge in [0.2, 0.25) is 0 Å².